The van der Waals surface area contributed by atoms with Crippen LogP contribution in [-0.2, 0) is 9.47 Å². The molecular formula is C11H17FO2. The van der Waals surface area contributed by atoms with E-state index >= 15 is 0 Å². The Kier molecular flexibility index (Phi) is 6.54. The first-order valence-corrected chi connectivity index (χ1v) is 4.54. The largest absolute Gasteiger partial charge is 0.494 e. The Labute approximate surface area is 84.7 Å². The molecule has 0 saturated heterocycles. The van der Waals surface area contributed by atoms with Crippen molar-refractivity contribution in [3.63, 3.8) is 0 Å². The molecule has 0 aromatic heterocycles. The quantitative estimate of drug-likeness (QED) is 0.356. The van der Waals surface area contributed by atoms with E-state index in [-0.39, 0.29) is 11.5 Å². The molecule has 0 heterocycles. The van der Waals surface area contributed by atoms with Gasteiger partial charge >= 0.3 is 0 Å². The van der Waals surface area contributed by atoms with Crippen molar-refractivity contribution in [2.45, 2.75) is 19.8 Å². The molecule has 0 spiro atoms. The molecule has 0 atom stereocenters. The van der Waals surface area contributed by atoms with Gasteiger partial charge < -0.3 is 9.47 Å². The van der Waals surface area contributed by atoms with Gasteiger partial charge in [-0.05, 0) is 6.42 Å². The number of halogens is 1. The summed E-state index contributed by atoms with van der Waals surface area (Å²) >= 11 is 0. The Morgan fingerprint density at radius 1 is 1.43 bits per heavy atom. The summed E-state index contributed by atoms with van der Waals surface area (Å²) in [7, 11) is 1.36. The van der Waals surface area contributed by atoms with E-state index in [0.29, 0.717) is 6.61 Å². The number of ether oxygens (including phenoxy) is 2. The van der Waals surface area contributed by atoms with E-state index in [1.165, 1.54) is 13.2 Å². The van der Waals surface area contributed by atoms with Crippen LogP contribution in [0.3, 0.4) is 0 Å². The Hall–Kier alpha value is -1.25. The molecule has 14 heavy (non-hydrogen) atoms. The third-order valence-electron chi connectivity index (χ3n) is 1.59. The van der Waals surface area contributed by atoms with E-state index in [1.807, 2.05) is 0 Å². The average molecular weight is 200 g/mol. The molecule has 0 bridgehead atoms. The molecule has 0 aromatic carbocycles. The van der Waals surface area contributed by atoms with E-state index in [0.717, 1.165) is 12.8 Å². The van der Waals surface area contributed by atoms with Gasteiger partial charge in [0.15, 0.2) is 5.83 Å². The fourth-order valence-corrected chi connectivity index (χ4v) is 0.709. The summed E-state index contributed by atoms with van der Waals surface area (Å²) in [4.78, 5) is 0. The standard InChI is InChI=1S/C11H17FO2/c1-5-6-7-14-9(2)8-11(12)10(3)13-4/h8H,2-3,5-7H2,1,4H3/b11-8+. The summed E-state index contributed by atoms with van der Waals surface area (Å²) in [5, 5.41) is 0. The fourth-order valence-electron chi connectivity index (χ4n) is 0.709. The normalized spacial score (nSPS) is 10.9. The second-order valence-electron chi connectivity index (χ2n) is 2.79. The lowest BCUT2D eigenvalue weighted by Gasteiger charge is -2.05. The van der Waals surface area contributed by atoms with Crippen LogP contribution in [0.1, 0.15) is 19.8 Å². The molecule has 0 aliphatic heterocycles. The maximum Gasteiger partial charge on any atom is 0.168 e. The molecular weight excluding hydrogens is 183 g/mol. The predicted octanol–water partition coefficient (Wildman–Crippen LogP) is 3.33. The third-order valence-corrected chi connectivity index (χ3v) is 1.59. The maximum absolute atomic E-state index is 13.1. The first-order valence-electron chi connectivity index (χ1n) is 4.54. The number of rotatable bonds is 7. The Balaban J connectivity index is 3.96. The highest BCUT2D eigenvalue weighted by Gasteiger charge is 2.01. The molecule has 0 rings (SSSR count). The van der Waals surface area contributed by atoms with Crippen LogP contribution in [-0.4, -0.2) is 13.7 Å². The second-order valence-corrected chi connectivity index (χ2v) is 2.79. The lowest BCUT2D eigenvalue weighted by atomic mass is 10.3. The Bertz CT molecular complexity index is 231. The zero-order valence-corrected chi connectivity index (χ0v) is 8.81. The van der Waals surface area contributed by atoms with Crippen molar-refractivity contribution in [3.05, 3.63) is 36.6 Å². The topological polar surface area (TPSA) is 18.5 Å². The third kappa shape index (κ3) is 5.41. The molecule has 3 heteroatoms. The minimum atomic E-state index is -0.561. The summed E-state index contributed by atoms with van der Waals surface area (Å²) in [5.74, 6) is -0.298. The van der Waals surface area contributed by atoms with Crippen LogP contribution < -0.4 is 0 Å². The van der Waals surface area contributed by atoms with Crippen LogP contribution in [0, 0.1) is 0 Å². The van der Waals surface area contributed by atoms with E-state index < -0.39 is 5.83 Å². The lowest BCUT2D eigenvalue weighted by Crippen LogP contribution is -1.93. The van der Waals surface area contributed by atoms with Crippen molar-refractivity contribution < 1.29 is 13.9 Å². The van der Waals surface area contributed by atoms with Crippen LogP contribution in [0.25, 0.3) is 0 Å². The first-order chi connectivity index (χ1) is 6.61. The van der Waals surface area contributed by atoms with Crippen molar-refractivity contribution in [3.8, 4) is 0 Å². The fraction of sp³-hybridized carbons (Fsp3) is 0.455. The van der Waals surface area contributed by atoms with Crippen LogP contribution in [0.5, 0.6) is 0 Å². The lowest BCUT2D eigenvalue weighted by molar-refractivity contribution is 0.218. The van der Waals surface area contributed by atoms with Gasteiger partial charge in [0.1, 0.15) is 11.5 Å². The molecule has 0 N–H and O–H groups in total. The van der Waals surface area contributed by atoms with E-state index in [1.54, 1.807) is 0 Å². The SMILES string of the molecule is C=C(/C=C(/F)C(=C)OC)OCCCC. The number of hydrogen-bond acceptors (Lipinski definition) is 2. The summed E-state index contributed by atoms with van der Waals surface area (Å²) in [5.41, 5.74) is 0. The molecule has 0 saturated carbocycles. The molecule has 0 aliphatic rings. The van der Waals surface area contributed by atoms with E-state index in [2.05, 4.69) is 24.8 Å². The molecule has 0 unspecified atom stereocenters. The highest BCUT2D eigenvalue weighted by molar-refractivity contribution is 5.23. The van der Waals surface area contributed by atoms with E-state index in [9.17, 15) is 4.39 Å². The number of hydrogen-bond donors (Lipinski definition) is 0. The number of allylic oxidation sites excluding steroid dienone is 2. The second kappa shape index (κ2) is 7.18. The zero-order valence-electron chi connectivity index (χ0n) is 8.81. The summed E-state index contributed by atoms with van der Waals surface area (Å²) in [6.07, 6.45) is 3.13. The highest BCUT2D eigenvalue weighted by atomic mass is 19.1. The molecule has 2 nitrogen and oxygen atoms in total. The maximum atomic E-state index is 13.1. The van der Waals surface area contributed by atoms with Gasteiger partial charge in [-0.15, -0.1) is 0 Å². The van der Waals surface area contributed by atoms with Gasteiger partial charge in [-0.25, -0.2) is 4.39 Å². The van der Waals surface area contributed by atoms with Gasteiger partial charge in [0, 0.05) is 6.08 Å². The van der Waals surface area contributed by atoms with Crippen LogP contribution >= 0.6 is 0 Å². The molecule has 0 amide bonds. The van der Waals surface area contributed by atoms with Crippen molar-refractivity contribution in [1.82, 2.24) is 0 Å². The van der Waals surface area contributed by atoms with Gasteiger partial charge in [0.2, 0.25) is 0 Å². The Morgan fingerprint density at radius 2 is 2.07 bits per heavy atom. The van der Waals surface area contributed by atoms with Crippen LogP contribution in [0.4, 0.5) is 4.39 Å². The van der Waals surface area contributed by atoms with E-state index in [4.69, 9.17) is 4.74 Å². The minimum Gasteiger partial charge on any atom is -0.494 e. The molecule has 0 aliphatic carbocycles. The monoisotopic (exact) mass is 200 g/mol. The highest BCUT2D eigenvalue weighted by Crippen LogP contribution is 2.12. The van der Waals surface area contributed by atoms with Gasteiger partial charge in [-0.1, -0.05) is 26.5 Å². The van der Waals surface area contributed by atoms with Gasteiger partial charge in [-0.2, -0.15) is 0 Å². The molecule has 0 radical (unpaired) electrons. The van der Waals surface area contributed by atoms with Crippen molar-refractivity contribution >= 4 is 0 Å². The summed E-state index contributed by atoms with van der Waals surface area (Å²) in [6.45, 7) is 9.51. The smallest absolute Gasteiger partial charge is 0.168 e. The number of methoxy groups -OCH3 is 1. The molecule has 0 aromatic rings. The zero-order chi connectivity index (χ0) is 11.0. The van der Waals surface area contributed by atoms with Gasteiger partial charge in [-0.3, -0.25) is 0 Å². The van der Waals surface area contributed by atoms with Gasteiger partial charge in [0.25, 0.3) is 0 Å². The van der Waals surface area contributed by atoms with Crippen molar-refractivity contribution in [2.24, 2.45) is 0 Å². The average Bonchev–Trinajstić information content (AvgIpc) is 2.16. The van der Waals surface area contributed by atoms with Crippen molar-refractivity contribution in [1.29, 1.82) is 0 Å². The Morgan fingerprint density at radius 3 is 2.57 bits per heavy atom. The first kappa shape index (κ1) is 12.8. The minimum absolute atomic E-state index is 0.0229. The van der Waals surface area contributed by atoms with Crippen LogP contribution in [0.2, 0.25) is 0 Å². The summed E-state index contributed by atoms with van der Waals surface area (Å²) < 4.78 is 22.8. The van der Waals surface area contributed by atoms with Gasteiger partial charge in [0.05, 0.1) is 13.7 Å². The predicted molar refractivity (Wildman–Crippen MR) is 55.3 cm³/mol. The molecule has 0 fully saturated rings. The summed E-state index contributed by atoms with van der Waals surface area (Å²) in [6, 6.07) is 0. The van der Waals surface area contributed by atoms with Crippen molar-refractivity contribution in [2.75, 3.05) is 13.7 Å². The van der Waals surface area contributed by atoms with Crippen LogP contribution in [0.15, 0.2) is 36.6 Å². The number of unbranched alkanes of at least 4 members (excludes halogenated alkanes) is 1. The molecule has 80 valence electrons.